The maximum Gasteiger partial charge on any atom is 0.417 e. The minimum Gasteiger partial charge on any atom is -0.393 e. The van der Waals surface area contributed by atoms with Gasteiger partial charge in [0.25, 0.3) is 0 Å². The molecule has 8 heteroatoms. The Hall–Kier alpha value is -1.38. The average molecular weight is 583 g/mol. The molecule has 2 unspecified atom stereocenters. The van der Waals surface area contributed by atoms with E-state index in [1.807, 2.05) is 6.08 Å². The lowest BCUT2D eigenvalue weighted by atomic mass is 9.46. The number of benzene rings is 1. The summed E-state index contributed by atoms with van der Waals surface area (Å²) in [4.78, 5) is 0.296. The molecule has 2 N–H and O–H groups in total. The van der Waals surface area contributed by atoms with Crippen LogP contribution in [0.1, 0.15) is 85.5 Å². The quantitative estimate of drug-likeness (QED) is 0.351. The topological polar surface area (TPSA) is 74.6 Å². The van der Waals surface area contributed by atoms with Crippen LogP contribution in [0.5, 0.6) is 0 Å². The Balaban J connectivity index is 1.42. The van der Waals surface area contributed by atoms with E-state index < -0.39 is 33.0 Å². The molecule has 1 aromatic carbocycles. The van der Waals surface area contributed by atoms with Gasteiger partial charge >= 0.3 is 6.18 Å². The lowest BCUT2D eigenvalue weighted by Crippen LogP contribution is -2.56. The van der Waals surface area contributed by atoms with Crippen molar-refractivity contribution in [3.8, 4) is 0 Å². The first kappa shape index (κ1) is 30.1. The molecule has 40 heavy (non-hydrogen) atoms. The maximum absolute atomic E-state index is 13.9. The van der Waals surface area contributed by atoms with Gasteiger partial charge < -0.3 is 10.2 Å². The molecule has 0 aliphatic heterocycles. The summed E-state index contributed by atoms with van der Waals surface area (Å²) in [5.41, 5.74) is -2.26. The number of sulfone groups is 1. The van der Waals surface area contributed by atoms with Crippen LogP contribution in [0.25, 0.3) is 0 Å². The van der Waals surface area contributed by atoms with Crippen molar-refractivity contribution in [2.45, 2.75) is 114 Å². The van der Waals surface area contributed by atoms with Crippen LogP contribution >= 0.6 is 0 Å². The largest absolute Gasteiger partial charge is 0.417 e. The second kappa shape index (κ2) is 10.1. The van der Waals surface area contributed by atoms with Gasteiger partial charge in [0.15, 0.2) is 15.4 Å². The smallest absolute Gasteiger partial charge is 0.393 e. The van der Waals surface area contributed by atoms with E-state index in [1.54, 1.807) is 37.3 Å². The molecule has 0 heterocycles. The maximum atomic E-state index is 13.9. The summed E-state index contributed by atoms with van der Waals surface area (Å²) in [5, 5.41) is 20.1. The van der Waals surface area contributed by atoms with Crippen LogP contribution in [0.4, 0.5) is 13.2 Å². The summed E-state index contributed by atoms with van der Waals surface area (Å²) in [6.45, 7) is 8.15. The van der Waals surface area contributed by atoms with Gasteiger partial charge in [-0.3, -0.25) is 0 Å². The number of aliphatic hydroxyl groups excluding tert-OH is 1. The van der Waals surface area contributed by atoms with Crippen LogP contribution in [-0.4, -0.2) is 41.8 Å². The van der Waals surface area contributed by atoms with Crippen molar-refractivity contribution in [3.05, 3.63) is 42.0 Å². The molecule has 4 aliphatic carbocycles. The molecule has 3 fully saturated rings. The molecule has 0 bridgehead atoms. The van der Waals surface area contributed by atoms with E-state index in [-0.39, 0.29) is 47.8 Å². The van der Waals surface area contributed by atoms with Crippen molar-refractivity contribution in [2.24, 2.45) is 40.4 Å². The van der Waals surface area contributed by atoms with Gasteiger partial charge in [-0.1, -0.05) is 50.6 Å². The summed E-state index contributed by atoms with van der Waals surface area (Å²) in [5.74, 6) is 1.04. The molecule has 4 aliphatic rings. The Labute approximate surface area is 237 Å². The van der Waals surface area contributed by atoms with Crippen molar-refractivity contribution in [3.63, 3.8) is 0 Å². The Morgan fingerprint density at radius 2 is 1.68 bits per heavy atom. The van der Waals surface area contributed by atoms with Crippen LogP contribution in [0.2, 0.25) is 0 Å². The molecule has 10 atom stereocenters. The number of aliphatic hydroxyl groups is 2. The first-order chi connectivity index (χ1) is 18.5. The van der Waals surface area contributed by atoms with E-state index >= 15 is 0 Å². The van der Waals surface area contributed by atoms with Gasteiger partial charge in [0.1, 0.15) is 0 Å². The summed E-state index contributed by atoms with van der Waals surface area (Å²) in [6.07, 6.45) is 1.06. The number of hydrogen-bond donors (Lipinski definition) is 2. The highest BCUT2D eigenvalue weighted by molar-refractivity contribution is 7.92. The third-order valence-electron chi connectivity index (χ3n) is 12.0. The van der Waals surface area contributed by atoms with Gasteiger partial charge in [-0.05, 0) is 111 Å². The summed E-state index contributed by atoms with van der Waals surface area (Å²) in [6, 6.07) is 8.54. The number of allylic oxidation sites excluding steroid dienone is 1. The Kier molecular flexibility index (Phi) is 7.61. The fourth-order valence-corrected chi connectivity index (χ4v) is 12.0. The lowest BCUT2D eigenvalue weighted by Gasteiger charge is -2.59. The Morgan fingerprint density at radius 3 is 2.30 bits per heavy atom. The SMILES string of the molecule is C[C@H](O)CC([C@@H](C)[C@H]1CC[C@H]2[C@@H]3CC=C4C[C@](O)(C(F)(F)F)CC[C@]4(C)C3CC[C@]12C)S(=O)(=O)c1ccccc1. The van der Waals surface area contributed by atoms with Crippen molar-refractivity contribution in [2.75, 3.05) is 0 Å². The zero-order valence-electron chi connectivity index (χ0n) is 24.1. The fraction of sp³-hybridized carbons (Fsp3) is 0.750. The summed E-state index contributed by atoms with van der Waals surface area (Å²) < 4.78 is 68.8. The Morgan fingerprint density at radius 1 is 1.00 bits per heavy atom. The van der Waals surface area contributed by atoms with Gasteiger partial charge in [-0.15, -0.1) is 0 Å². The third kappa shape index (κ3) is 4.68. The zero-order chi connectivity index (χ0) is 29.3. The fourth-order valence-electron chi connectivity index (χ4n) is 9.80. The van der Waals surface area contributed by atoms with E-state index in [0.29, 0.717) is 23.2 Å². The zero-order valence-corrected chi connectivity index (χ0v) is 24.9. The minimum atomic E-state index is -4.63. The molecular weight excluding hydrogens is 537 g/mol. The molecule has 0 radical (unpaired) electrons. The van der Waals surface area contributed by atoms with Gasteiger partial charge in [-0.25, -0.2) is 8.42 Å². The average Bonchev–Trinajstić information content (AvgIpc) is 3.24. The molecule has 3 saturated carbocycles. The molecule has 0 saturated heterocycles. The molecular formula is C32H45F3O4S. The number of hydrogen-bond acceptors (Lipinski definition) is 4. The lowest BCUT2D eigenvalue weighted by molar-refractivity contribution is -0.271. The number of rotatable bonds is 6. The van der Waals surface area contributed by atoms with Crippen LogP contribution in [0.3, 0.4) is 0 Å². The van der Waals surface area contributed by atoms with Gasteiger partial charge in [0.2, 0.25) is 0 Å². The number of fused-ring (bicyclic) bond motifs is 5. The predicted molar refractivity (Wildman–Crippen MR) is 149 cm³/mol. The molecule has 224 valence electrons. The summed E-state index contributed by atoms with van der Waals surface area (Å²) >= 11 is 0. The van der Waals surface area contributed by atoms with E-state index in [0.717, 1.165) is 37.7 Å². The van der Waals surface area contributed by atoms with Crippen molar-refractivity contribution in [1.29, 1.82) is 0 Å². The molecule has 4 nitrogen and oxygen atoms in total. The van der Waals surface area contributed by atoms with E-state index in [4.69, 9.17) is 0 Å². The first-order valence-corrected chi connectivity index (χ1v) is 16.5. The normalized spacial score (nSPS) is 40.3. The van der Waals surface area contributed by atoms with Crippen molar-refractivity contribution in [1.82, 2.24) is 0 Å². The highest BCUT2D eigenvalue weighted by atomic mass is 32.2. The highest BCUT2D eigenvalue weighted by Crippen LogP contribution is 2.68. The second-order valence-corrected chi connectivity index (χ2v) is 16.2. The van der Waals surface area contributed by atoms with Crippen molar-refractivity contribution < 1.29 is 31.8 Å². The van der Waals surface area contributed by atoms with Crippen LogP contribution < -0.4 is 0 Å². The molecule has 0 spiro atoms. The van der Waals surface area contributed by atoms with Crippen molar-refractivity contribution >= 4 is 9.84 Å². The standard InChI is InChI=1S/C32H45F3O4S/c1-20(36)18-28(40(38,39)23-8-6-5-7-9-23)21(2)25-12-13-26-24-11-10-22-19-31(37,32(33,34)35)17-16-29(22,3)27(24)14-15-30(25,26)4/h5-10,20-21,24-28,36-37H,11-19H2,1-4H3/t20-,21-,24-,25+,26-,27?,28?,29-,30+,31-/m0/s1. The van der Waals surface area contributed by atoms with Crippen LogP contribution in [0, 0.1) is 40.4 Å². The third-order valence-corrected chi connectivity index (χ3v) is 14.4. The van der Waals surface area contributed by atoms with Gasteiger partial charge in [0.05, 0.1) is 16.2 Å². The highest BCUT2D eigenvalue weighted by Gasteiger charge is 2.64. The van der Waals surface area contributed by atoms with E-state index in [1.165, 1.54) is 0 Å². The van der Waals surface area contributed by atoms with E-state index in [9.17, 15) is 31.8 Å². The number of halogens is 3. The van der Waals surface area contributed by atoms with Gasteiger partial charge in [-0.2, -0.15) is 13.2 Å². The van der Waals surface area contributed by atoms with Crippen LogP contribution in [-0.2, 0) is 9.84 Å². The van der Waals surface area contributed by atoms with Gasteiger partial charge in [0, 0.05) is 6.42 Å². The Bertz CT molecular complexity index is 1230. The molecule has 0 aromatic heterocycles. The molecule has 5 rings (SSSR count). The monoisotopic (exact) mass is 582 g/mol. The summed E-state index contributed by atoms with van der Waals surface area (Å²) in [7, 11) is -3.65. The predicted octanol–water partition coefficient (Wildman–Crippen LogP) is 7.11. The second-order valence-electron chi connectivity index (χ2n) is 14.0. The molecule has 1 aromatic rings. The molecule has 0 amide bonds. The first-order valence-electron chi connectivity index (χ1n) is 15.0. The van der Waals surface area contributed by atoms with Crippen LogP contribution in [0.15, 0.2) is 46.9 Å². The number of alkyl halides is 3. The minimum absolute atomic E-state index is 0.0627. The van der Waals surface area contributed by atoms with E-state index in [2.05, 4.69) is 20.8 Å².